The molecule has 7 nitrogen and oxygen atoms in total. The number of carbonyl (C=O) groups is 2. The predicted octanol–water partition coefficient (Wildman–Crippen LogP) is 6.41. The zero-order valence-corrected chi connectivity index (χ0v) is 23.9. The molecule has 6 rings (SSSR count). The second-order valence-corrected chi connectivity index (χ2v) is 13.2. The van der Waals surface area contributed by atoms with Crippen LogP contribution < -0.4 is 0 Å². The number of hydrogen-bond donors (Lipinski definition) is 0. The number of aryl methyl sites for hydroxylation is 1. The molecule has 2 amide bonds. The molecule has 39 heavy (non-hydrogen) atoms. The van der Waals surface area contributed by atoms with Gasteiger partial charge in [0, 0.05) is 42.0 Å². The van der Waals surface area contributed by atoms with Crippen LogP contribution in [0, 0.1) is 12.7 Å². The molecule has 0 N–H and O–H groups in total. The van der Waals surface area contributed by atoms with Crippen LogP contribution in [0.4, 0.5) is 9.18 Å². The van der Waals surface area contributed by atoms with E-state index >= 15 is 4.39 Å². The Kier molecular flexibility index (Phi) is 6.40. The second kappa shape index (κ2) is 9.54. The molecule has 3 aromatic rings. The van der Waals surface area contributed by atoms with E-state index in [1.165, 1.54) is 6.07 Å². The summed E-state index contributed by atoms with van der Waals surface area (Å²) in [6.07, 6.45) is 3.81. The number of ether oxygens (including phenoxy) is 1. The van der Waals surface area contributed by atoms with Gasteiger partial charge in [0.2, 0.25) is 0 Å². The topological polar surface area (TPSA) is 75.6 Å². The third-order valence-electron chi connectivity index (χ3n) is 8.44. The normalized spacial score (nSPS) is 26.1. The monoisotopic (exact) mass is 550 g/mol. The fourth-order valence-corrected chi connectivity index (χ4v) is 7.34. The van der Waals surface area contributed by atoms with E-state index in [2.05, 4.69) is 4.98 Å². The number of rotatable bonds is 4. The third kappa shape index (κ3) is 4.90. The highest BCUT2D eigenvalue weighted by Gasteiger charge is 2.47. The molecule has 3 fully saturated rings. The van der Waals surface area contributed by atoms with Crippen molar-refractivity contribution in [2.75, 3.05) is 7.05 Å². The van der Waals surface area contributed by atoms with Gasteiger partial charge in [0.25, 0.3) is 5.91 Å². The van der Waals surface area contributed by atoms with Crippen molar-refractivity contribution in [1.82, 2.24) is 19.8 Å². The second-order valence-electron chi connectivity index (χ2n) is 12.3. The maximum atomic E-state index is 15.4. The minimum absolute atomic E-state index is 0.00161. The molecule has 2 aromatic heterocycles. The Labute approximate surface area is 232 Å². The highest BCUT2D eigenvalue weighted by molar-refractivity contribution is 7.16. The third-order valence-corrected chi connectivity index (χ3v) is 9.24. The van der Waals surface area contributed by atoms with Crippen molar-refractivity contribution in [3.8, 4) is 0 Å². The van der Waals surface area contributed by atoms with E-state index in [4.69, 9.17) is 9.72 Å². The van der Waals surface area contributed by atoms with E-state index in [9.17, 15) is 9.59 Å². The van der Waals surface area contributed by atoms with Crippen LogP contribution in [0.5, 0.6) is 0 Å². The summed E-state index contributed by atoms with van der Waals surface area (Å²) in [4.78, 5) is 40.0. The van der Waals surface area contributed by atoms with Crippen LogP contribution in [-0.4, -0.2) is 62.5 Å². The fourth-order valence-electron chi connectivity index (χ4n) is 6.52. The Morgan fingerprint density at radius 1 is 1.08 bits per heavy atom. The average Bonchev–Trinajstić information content (AvgIpc) is 3.42. The minimum atomic E-state index is -0.541. The van der Waals surface area contributed by atoms with E-state index < -0.39 is 5.60 Å². The van der Waals surface area contributed by atoms with Crippen LogP contribution in [0.2, 0.25) is 0 Å². The molecule has 1 aliphatic carbocycles. The number of fused-ring (bicyclic) bond motifs is 3. The van der Waals surface area contributed by atoms with E-state index in [1.807, 2.05) is 44.0 Å². The summed E-state index contributed by atoms with van der Waals surface area (Å²) < 4.78 is 21.0. The molecule has 3 aliphatic rings. The first-order valence-electron chi connectivity index (χ1n) is 13.8. The van der Waals surface area contributed by atoms with Crippen molar-refractivity contribution in [2.45, 2.75) is 95.4 Å². The lowest BCUT2D eigenvalue weighted by Crippen LogP contribution is -2.53. The number of hydrogen-bond acceptors (Lipinski definition) is 6. The van der Waals surface area contributed by atoms with Gasteiger partial charge in [-0.15, -0.1) is 11.3 Å². The first kappa shape index (κ1) is 26.2. The van der Waals surface area contributed by atoms with Crippen molar-refractivity contribution in [3.05, 3.63) is 58.1 Å². The first-order valence-corrected chi connectivity index (χ1v) is 14.7. The van der Waals surface area contributed by atoms with E-state index in [-0.39, 0.29) is 47.8 Å². The molecule has 0 radical (unpaired) electrons. The van der Waals surface area contributed by atoms with Crippen LogP contribution >= 0.6 is 11.3 Å². The molecule has 0 spiro atoms. The molecule has 206 valence electrons. The van der Waals surface area contributed by atoms with E-state index in [1.54, 1.807) is 35.4 Å². The molecule has 9 heteroatoms. The van der Waals surface area contributed by atoms with Gasteiger partial charge in [-0.1, -0.05) is 6.07 Å². The number of benzene rings is 1. The van der Waals surface area contributed by atoms with Crippen LogP contribution in [0.3, 0.4) is 0 Å². The zero-order chi connectivity index (χ0) is 27.6. The van der Waals surface area contributed by atoms with E-state index in [0.29, 0.717) is 24.0 Å². The number of thiophene rings is 1. The Morgan fingerprint density at radius 3 is 2.46 bits per heavy atom. The lowest BCUT2D eigenvalue weighted by atomic mass is 9.95. The van der Waals surface area contributed by atoms with Gasteiger partial charge in [0.15, 0.2) is 0 Å². The smallest absolute Gasteiger partial charge is 0.410 e. The maximum Gasteiger partial charge on any atom is 0.410 e. The lowest BCUT2D eigenvalue weighted by molar-refractivity contribution is -0.00112. The Balaban J connectivity index is 1.13. The van der Waals surface area contributed by atoms with Crippen LogP contribution in [0.25, 0.3) is 10.2 Å². The van der Waals surface area contributed by atoms with Crippen LogP contribution in [0.15, 0.2) is 29.6 Å². The molecule has 4 heterocycles. The summed E-state index contributed by atoms with van der Waals surface area (Å²) >= 11 is 1.60. The summed E-state index contributed by atoms with van der Waals surface area (Å²) in [5, 5.41) is 3.07. The Morgan fingerprint density at radius 2 is 1.79 bits per heavy atom. The largest absolute Gasteiger partial charge is 0.444 e. The van der Waals surface area contributed by atoms with Crippen molar-refractivity contribution < 1.29 is 18.7 Å². The molecule has 1 saturated carbocycles. The van der Waals surface area contributed by atoms with Crippen LogP contribution in [-0.2, 0) is 4.74 Å². The Hall–Kier alpha value is -3.07. The number of aromatic nitrogens is 2. The minimum Gasteiger partial charge on any atom is -0.444 e. The number of piperidine rings is 1. The van der Waals surface area contributed by atoms with Gasteiger partial charge in [-0.25, -0.2) is 19.2 Å². The molecular formula is C30H35FN4O3S. The van der Waals surface area contributed by atoms with Crippen molar-refractivity contribution in [2.24, 2.45) is 0 Å². The summed E-state index contributed by atoms with van der Waals surface area (Å²) in [6.45, 7) is 7.52. The van der Waals surface area contributed by atoms with Crippen molar-refractivity contribution >= 4 is 33.6 Å². The van der Waals surface area contributed by atoms with Gasteiger partial charge >= 0.3 is 6.09 Å². The molecule has 1 aromatic carbocycles. The van der Waals surface area contributed by atoms with Gasteiger partial charge in [-0.05, 0) is 94.9 Å². The molecular weight excluding hydrogens is 515 g/mol. The summed E-state index contributed by atoms with van der Waals surface area (Å²) in [6, 6.07) is 7.08. The molecule has 2 bridgehead atoms. The first-order chi connectivity index (χ1) is 18.5. The molecule has 5 atom stereocenters. The van der Waals surface area contributed by atoms with Gasteiger partial charge < -0.3 is 14.5 Å². The Bertz CT molecular complexity index is 1440. The van der Waals surface area contributed by atoms with Crippen LogP contribution in [0.1, 0.15) is 92.2 Å². The van der Waals surface area contributed by atoms with Crippen molar-refractivity contribution in [3.63, 3.8) is 0 Å². The summed E-state index contributed by atoms with van der Waals surface area (Å²) in [5.74, 6) is 0.425. The quantitative estimate of drug-likeness (QED) is 0.375. The standard InChI is InChI=1S/C30H35FN4O3S/c1-16-32-26(22-10-11-39-27(22)33-16)24-15-23(24)21-9-6-17(12-25(21)31)28(36)34(5)20-13-18-7-8-19(14-20)35(18)29(37)38-30(2,3)4/h6,9-12,18-20,23-24H,7-8,13-15H2,1-5H3/t18-,19+,20?,23?,24?. The van der Waals surface area contributed by atoms with Gasteiger partial charge in [-0.3, -0.25) is 4.79 Å². The molecule has 2 aliphatic heterocycles. The summed E-state index contributed by atoms with van der Waals surface area (Å²) in [5.41, 5.74) is 1.45. The molecule has 2 saturated heterocycles. The van der Waals surface area contributed by atoms with E-state index in [0.717, 1.165) is 41.0 Å². The zero-order valence-electron chi connectivity index (χ0n) is 23.1. The predicted molar refractivity (Wildman–Crippen MR) is 149 cm³/mol. The van der Waals surface area contributed by atoms with Gasteiger partial charge in [0.05, 0.1) is 5.69 Å². The number of amides is 2. The average molecular weight is 551 g/mol. The summed E-state index contributed by atoms with van der Waals surface area (Å²) in [7, 11) is 1.79. The van der Waals surface area contributed by atoms with Gasteiger partial charge in [-0.2, -0.15) is 0 Å². The number of carbonyl (C=O) groups excluding carboxylic acids is 2. The SMILES string of the molecule is Cc1nc(C2CC2c2ccc(C(=O)N(C)C3C[C@H]4CC[C@@H](C3)N4C(=O)OC(C)(C)C)cc2F)c2ccsc2n1. The fraction of sp³-hybridized carbons (Fsp3) is 0.533. The number of halogens is 1. The lowest BCUT2D eigenvalue weighted by Gasteiger charge is -2.42. The molecule has 3 unspecified atom stereocenters. The van der Waals surface area contributed by atoms with Gasteiger partial charge in [0.1, 0.15) is 22.1 Å². The number of nitrogens with zero attached hydrogens (tertiary/aromatic N) is 4. The maximum absolute atomic E-state index is 15.4. The highest BCUT2D eigenvalue weighted by atomic mass is 32.1. The highest BCUT2D eigenvalue weighted by Crippen LogP contribution is 2.56. The van der Waals surface area contributed by atoms with Crippen molar-refractivity contribution in [1.29, 1.82) is 0 Å².